The second kappa shape index (κ2) is 14.9. The van der Waals surface area contributed by atoms with Crippen molar-refractivity contribution in [3.63, 3.8) is 0 Å². The van der Waals surface area contributed by atoms with Gasteiger partial charge in [-0.2, -0.15) is 0 Å². The summed E-state index contributed by atoms with van der Waals surface area (Å²) in [5.41, 5.74) is 3.59. The first-order valence-corrected chi connectivity index (χ1v) is 20.1. The van der Waals surface area contributed by atoms with E-state index in [9.17, 15) is 0 Å². The van der Waals surface area contributed by atoms with Crippen LogP contribution in [0.25, 0.3) is 32.7 Å². The van der Waals surface area contributed by atoms with Gasteiger partial charge >= 0.3 is 0 Å². The first-order chi connectivity index (χ1) is 22.8. The largest absolute Gasteiger partial charge is 0.0879 e. The molecule has 0 bridgehead atoms. The summed E-state index contributed by atoms with van der Waals surface area (Å²) in [5.74, 6) is 0. The molecule has 0 aliphatic heterocycles. The fraction of sp³-hybridized carbons (Fsp3) is 0.227. The van der Waals surface area contributed by atoms with Gasteiger partial charge in [0.15, 0.2) is 0 Å². The van der Waals surface area contributed by atoms with Crippen LogP contribution in [0.15, 0.2) is 146 Å². The lowest BCUT2D eigenvalue weighted by Crippen LogP contribution is -2.24. The lowest BCUT2D eigenvalue weighted by Gasteiger charge is -2.32. The zero-order valence-corrected chi connectivity index (χ0v) is 28.8. The average Bonchev–Trinajstić information content (AvgIpc) is 3.13. The fourth-order valence-corrected chi connectivity index (χ4v) is 12.9. The quantitative estimate of drug-likeness (QED) is 0.0756. The second-order valence-electron chi connectivity index (χ2n) is 12.5. The van der Waals surface area contributed by atoms with Crippen LogP contribution in [0.5, 0.6) is 0 Å². The highest BCUT2D eigenvalue weighted by Gasteiger charge is 2.29. The van der Waals surface area contributed by atoms with E-state index in [2.05, 4.69) is 153 Å². The highest BCUT2D eigenvalue weighted by Crippen LogP contribution is 2.51. The first kappa shape index (κ1) is 31.1. The Hall–Kier alpha value is -3.56. The maximum atomic E-state index is 2.60. The topological polar surface area (TPSA) is 0 Å². The molecule has 0 saturated carbocycles. The van der Waals surface area contributed by atoms with Gasteiger partial charge in [0.2, 0.25) is 0 Å². The van der Waals surface area contributed by atoms with Crippen molar-refractivity contribution < 1.29 is 0 Å². The number of allylic oxidation sites excluding steroid dienone is 2. The first-order valence-electron chi connectivity index (χ1n) is 17.2. The number of benzene rings is 6. The average molecular weight is 635 g/mol. The van der Waals surface area contributed by atoms with Crippen molar-refractivity contribution in [2.45, 2.75) is 57.5 Å². The molecule has 0 spiro atoms. The van der Waals surface area contributed by atoms with Crippen molar-refractivity contribution in [1.82, 2.24) is 0 Å². The zero-order chi connectivity index (χ0) is 31.1. The predicted octanol–water partition coefficient (Wildman–Crippen LogP) is 11.2. The Labute approximate surface area is 278 Å². The minimum atomic E-state index is -0.788. The van der Waals surface area contributed by atoms with Gasteiger partial charge in [0, 0.05) is 5.66 Å². The van der Waals surface area contributed by atoms with Gasteiger partial charge in [0.05, 0.1) is 0 Å². The summed E-state index contributed by atoms with van der Waals surface area (Å²) >= 11 is 0. The summed E-state index contributed by atoms with van der Waals surface area (Å²) in [5, 5.41) is 11.3. The van der Waals surface area contributed by atoms with E-state index in [1.165, 1.54) is 99.7 Å². The van der Waals surface area contributed by atoms with Crippen molar-refractivity contribution in [3.05, 3.63) is 146 Å². The molecule has 0 radical (unpaired) electrons. The number of hydrogen-bond acceptors (Lipinski definition) is 0. The predicted molar refractivity (Wildman–Crippen MR) is 208 cm³/mol. The molecule has 1 aliphatic rings. The van der Waals surface area contributed by atoms with Crippen LogP contribution < -0.4 is 21.2 Å². The molecule has 7 rings (SSSR count). The molecule has 0 fully saturated rings. The van der Waals surface area contributed by atoms with E-state index in [4.69, 9.17) is 0 Å². The lowest BCUT2D eigenvalue weighted by molar-refractivity contribution is 0.699. The van der Waals surface area contributed by atoms with Gasteiger partial charge in [-0.05, 0) is 93.7 Å². The van der Waals surface area contributed by atoms with Gasteiger partial charge in [0.25, 0.3) is 0 Å². The molecular formula is C44H44P2. The molecule has 0 heterocycles. The van der Waals surface area contributed by atoms with Crippen LogP contribution in [0, 0.1) is 0 Å². The van der Waals surface area contributed by atoms with Crippen molar-refractivity contribution >= 4 is 58.6 Å². The van der Waals surface area contributed by atoms with Crippen LogP contribution in [-0.2, 0) is 0 Å². The Kier molecular flexibility index (Phi) is 10.1. The van der Waals surface area contributed by atoms with Crippen LogP contribution in [0.1, 0.15) is 51.9 Å². The van der Waals surface area contributed by atoms with Crippen molar-refractivity contribution in [1.29, 1.82) is 0 Å². The Morgan fingerprint density at radius 1 is 0.565 bits per heavy atom. The minimum absolute atomic E-state index is 0.383. The van der Waals surface area contributed by atoms with E-state index in [1.54, 1.807) is 5.30 Å². The van der Waals surface area contributed by atoms with E-state index >= 15 is 0 Å². The number of unbranched alkanes of at least 4 members (excludes halogenated alkanes) is 3. The number of rotatable bonds is 11. The molecule has 0 amide bonds. The van der Waals surface area contributed by atoms with Crippen LogP contribution in [-0.4, -0.2) is 11.8 Å². The van der Waals surface area contributed by atoms with Gasteiger partial charge < -0.3 is 0 Å². The van der Waals surface area contributed by atoms with Crippen LogP contribution >= 0.6 is 15.8 Å². The third-order valence-electron chi connectivity index (χ3n) is 9.52. The highest BCUT2D eigenvalue weighted by atomic mass is 31.1. The van der Waals surface area contributed by atoms with Gasteiger partial charge in [-0.1, -0.05) is 180 Å². The lowest BCUT2D eigenvalue weighted by atomic mass is 9.93. The summed E-state index contributed by atoms with van der Waals surface area (Å²) in [6, 6.07) is 50.6. The second-order valence-corrected chi connectivity index (χ2v) is 17.3. The molecule has 2 atom stereocenters. The highest BCUT2D eigenvalue weighted by molar-refractivity contribution is 7.80. The monoisotopic (exact) mass is 634 g/mol. The third kappa shape index (κ3) is 6.49. The molecule has 2 unspecified atom stereocenters. The Morgan fingerprint density at radius 2 is 1.13 bits per heavy atom. The summed E-state index contributed by atoms with van der Waals surface area (Å²) in [6.07, 6.45) is 15.5. The number of fused-ring (bicyclic) bond motifs is 2. The maximum Gasteiger partial charge on any atom is 0.00109 e. The Morgan fingerprint density at radius 3 is 1.72 bits per heavy atom. The SMILES string of the molecule is CCCCCCP(c1ccc2ccccc2c1-c1c(P(c2ccccc2)c2ccccc2)ccc2ccccc12)C1C=CCCC1. The fourth-order valence-electron chi connectivity index (χ4n) is 7.28. The summed E-state index contributed by atoms with van der Waals surface area (Å²) in [4.78, 5) is 0. The molecule has 230 valence electrons. The van der Waals surface area contributed by atoms with E-state index in [0.29, 0.717) is 5.66 Å². The van der Waals surface area contributed by atoms with Crippen molar-refractivity contribution in [2.24, 2.45) is 0 Å². The van der Waals surface area contributed by atoms with Gasteiger partial charge in [-0.15, -0.1) is 0 Å². The molecule has 6 aromatic carbocycles. The molecule has 0 nitrogen and oxygen atoms in total. The van der Waals surface area contributed by atoms with E-state index in [-0.39, 0.29) is 7.92 Å². The van der Waals surface area contributed by atoms with E-state index in [1.807, 2.05) is 0 Å². The molecular weight excluding hydrogens is 590 g/mol. The summed E-state index contributed by atoms with van der Waals surface area (Å²) < 4.78 is 0. The molecule has 46 heavy (non-hydrogen) atoms. The molecule has 6 aromatic rings. The molecule has 1 aliphatic carbocycles. The summed E-state index contributed by atoms with van der Waals surface area (Å²) in [7, 11) is -1.17. The van der Waals surface area contributed by atoms with Gasteiger partial charge in [-0.25, -0.2) is 0 Å². The molecule has 0 aromatic heterocycles. The van der Waals surface area contributed by atoms with E-state index < -0.39 is 7.92 Å². The van der Waals surface area contributed by atoms with Crippen molar-refractivity contribution in [3.8, 4) is 11.1 Å². The minimum Gasteiger partial charge on any atom is -0.0879 e. The van der Waals surface area contributed by atoms with Crippen molar-refractivity contribution in [2.75, 3.05) is 6.16 Å². The Bertz CT molecular complexity index is 1890. The third-order valence-corrected chi connectivity index (χ3v) is 15.0. The normalized spacial score (nSPS) is 15.5. The molecule has 2 heteroatoms. The standard InChI is InChI=1S/C44H44P2/c1-2-3-4-18-33-45(36-21-8-5-9-22-36)41-31-29-34-19-14-16-27-39(34)43(41)44-40-28-17-15-20-35(40)30-32-42(44)46(37-23-10-6-11-24-37)38-25-12-7-13-26-38/h6-8,10-17,19-21,23-32,36H,2-5,9,18,22,33H2,1H3. The van der Waals surface area contributed by atoms with Crippen LogP contribution in [0.4, 0.5) is 0 Å². The van der Waals surface area contributed by atoms with Gasteiger partial charge in [0.1, 0.15) is 0 Å². The molecule has 0 N–H and O–H groups in total. The zero-order valence-electron chi connectivity index (χ0n) is 27.0. The molecule has 0 saturated heterocycles. The Balaban J connectivity index is 1.55. The van der Waals surface area contributed by atoms with Crippen LogP contribution in [0.2, 0.25) is 0 Å². The van der Waals surface area contributed by atoms with Crippen LogP contribution in [0.3, 0.4) is 0 Å². The number of hydrogen-bond donors (Lipinski definition) is 0. The van der Waals surface area contributed by atoms with Gasteiger partial charge in [-0.3, -0.25) is 0 Å². The maximum absolute atomic E-state index is 2.60. The van der Waals surface area contributed by atoms with E-state index in [0.717, 1.165) is 0 Å². The summed E-state index contributed by atoms with van der Waals surface area (Å²) in [6.45, 7) is 2.33. The smallest absolute Gasteiger partial charge is 0.00109 e.